The van der Waals surface area contributed by atoms with Gasteiger partial charge in [0.25, 0.3) is 5.91 Å². The van der Waals surface area contributed by atoms with Crippen molar-refractivity contribution in [2.45, 2.75) is 20.4 Å². The van der Waals surface area contributed by atoms with Crippen LogP contribution in [0.5, 0.6) is 0 Å². The van der Waals surface area contributed by atoms with Crippen LogP contribution < -0.4 is 5.32 Å². The summed E-state index contributed by atoms with van der Waals surface area (Å²) in [6.45, 7) is 3.92. The highest BCUT2D eigenvalue weighted by Crippen LogP contribution is 2.15. The number of halogens is 1. The van der Waals surface area contributed by atoms with Crippen LogP contribution in [0, 0.1) is 19.7 Å². The SMILES string of the molecule is Cc1nc2ccc(C(=O)NCc3ccccc3F)cc2nc1C. The van der Waals surface area contributed by atoms with Gasteiger partial charge in [0.15, 0.2) is 0 Å². The standard InChI is InChI=1S/C18H16FN3O/c1-11-12(2)22-17-9-13(7-8-16(17)21-11)18(23)20-10-14-5-3-4-6-15(14)19/h3-9H,10H2,1-2H3,(H,20,23). The van der Waals surface area contributed by atoms with Crippen molar-refractivity contribution in [3.63, 3.8) is 0 Å². The van der Waals surface area contributed by atoms with Crippen LogP contribution in [-0.2, 0) is 6.54 Å². The predicted molar refractivity (Wildman–Crippen MR) is 86.6 cm³/mol. The molecule has 0 atom stereocenters. The highest BCUT2D eigenvalue weighted by atomic mass is 19.1. The van der Waals surface area contributed by atoms with Crippen LogP contribution >= 0.6 is 0 Å². The first-order valence-corrected chi connectivity index (χ1v) is 7.31. The molecule has 1 N–H and O–H groups in total. The van der Waals surface area contributed by atoms with E-state index >= 15 is 0 Å². The summed E-state index contributed by atoms with van der Waals surface area (Å²) in [5, 5.41) is 2.72. The lowest BCUT2D eigenvalue weighted by Crippen LogP contribution is -2.23. The van der Waals surface area contributed by atoms with Gasteiger partial charge in [0.1, 0.15) is 5.82 Å². The molecule has 3 rings (SSSR count). The Morgan fingerprint density at radius 3 is 2.48 bits per heavy atom. The average Bonchev–Trinajstić information content (AvgIpc) is 2.54. The van der Waals surface area contributed by atoms with Crippen LogP contribution in [0.15, 0.2) is 42.5 Å². The molecule has 2 aromatic carbocycles. The number of carbonyl (C=O) groups excluding carboxylic acids is 1. The minimum atomic E-state index is -0.330. The zero-order valence-corrected chi connectivity index (χ0v) is 12.9. The molecular weight excluding hydrogens is 293 g/mol. The fourth-order valence-corrected chi connectivity index (χ4v) is 2.29. The molecule has 0 radical (unpaired) electrons. The summed E-state index contributed by atoms with van der Waals surface area (Å²) in [4.78, 5) is 21.1. The van der Waals surface area contributed by atoms with Gasteiger partial charge in [0, 0.05) is 17.7 Å². The molecule has 23 heavy (non-hydrogen) atoms. The molecule has 0 spiro atoms. The number of rotatable bonds is 3. The van der Waals surface area contributed by atoms with E-state index in [1.165, 1.54) is 6.07 Å². The van der Waals surface area contributed by atoms with Gasteiger partial charge in [-0.2, -0.15) is 0 Å². The first kappa shape index (κ1) is 15.1. The van der Waals surface area contributed by atoms with Gasteiger partial charge in [-0.3, -0.25) is 4.79 Å². The van der Waals surface area contributed by atoms with Gasteiger partial charge in [-0.1, -0.05) is 18.2 Å². The molecular formula is C18H16FN3O. The van der Waals surface area contributed by atoms with E-state index in [4.69, 9.17) is 0 Å². The summed E-state index contributed by atoms with van der Waals surface area (Å²) in [5.41, 5.74) is 4.06. The smallest absolute Gasteiger partial charge is 0.251 e. The Morgan fingerprint density at radius 1 is 1.04 bits per heavy atom. The Kier molecular flexibility index (Phi) is 4.02. The number of nitrogens with one attached hydrogen (secondary N) is 1. The molecule has 1 aromatic heterocycles. The lowest BCUT2D eigenvalue weighted by Gasteiger charge is -2.08. The first-order chi connectivity index (χ1) is 11.0. The number of fused-ring (bicyclic) bond motifs is 1. The maximum Gasteiger partial charge on any atom is 0.251 e. The zero-order valence-electron chi connectivity index (χ0n) is 12.9. The van der Waals surface area contributed by atoms with Gasteiger partial charge < -0.3 is 5.32 Å². The van der Waals surface area contributed by atoms with Gasteiger partial charge >= 0.3 is 0 Å². The Morgan fingerprint density at radius 2 is 1.74 bits per heavy atom. The summed E-state index contributed by atoms with van der Waals surface area (Å²) < 4.78 is 13.6. The topological polar surface area (TPSA) is 54.9 Å². The van der Waals surface area contributed by atoms with E-state index in [1.54, 1.807) is 36.4 Å². The van der Waals surface area contributed by atoms with Gasteiger partial charge in [0.2, 0.25) is 0 Å². The Balaban J connectivity index is 1.81. The largest absolute Gasteiger partial charge is 0.348 e. The molecule has 0 aliphatic rings. The summed E-state index contributed by atoms with van der Waals surface area (Å²) in [6.07, 6.45) is 0. The second-order valence-electron chi connectivity index (χ2n) is 5.37. The Bertz CT molecular complexity index is 893. The molecule has 116 valence electrons. The highest BCUT2D eigenvalue weighted by molar-refractivity contribution is 5.97. The number of carbonyl (C=O) groups is 1. The summed E-state index contributed by atoms with van der Waals surface area (Å²) in [6, 6.07) is 11.5. The normalized spacial score (nSPS) is 10.7. The Labute approximate surface area is 133 Å². The molecule has 0 aliphatic heterocycles. The highest BCUT2D eigenvalue weighted by Gasteiger charge is 2.09. The number of amides is 1. The second kappa shape index (κ2) is 6.12. The lowest BCUT2D eigenvalue weighted by molar-refractivity contribution is 0.0950. The number of hydrogen-bond acceptors (Lipinski definition) is 3. The molecule has 1 heterocycles. The summed E-state index contributed by atoms with van der Waals surface area (Å²) in [5.74, 6) is -0.599. The van der Waals surface area contributed by atoms with E-state index in [0.29, 0.717) is 16.6 Å². The molecule has 0 unspecified atom stereocenters. The number of hydrogen-bond donors (Lipinski definition) is 1. The maximum absolute atomic E-state index is 13.6. The lowest BCUT2D eigenvalue weighted by atomic mass is 10.1. The van der Waals surface area contributed by atoms with E-state index in [0.717, 1.165) is 16.9 Å². The van der Waals surface area contributed by atoms with Crippen molar-refractivity contribution in [2.24, 2.45) is 0 Å². The minimum absolute atomic E-state index is 0.141. The summed E-state index contributed by atoms with van der Waals surface area (Å²) >= 11 is 0. The average molecular weight is 309 g/mol. The molecule has 0 bridgehead atoms. The third kappa shape index (κ3) is 3.18. The summed E-state index contributed by atoms with van der Waals surface area (Å²) in [7, 11) is 0. The molecule has 4 nitrogen and oxygen atoms in total. The zero-order chi connectivity index (χ0) is 16.4. The first-order valence-electron chi connectivity index (χ1n) is 7.31. The molecule has 0 fully saturated rings. The van der Waals surface area contributed by atoms with Gasteiger partial charge in [0.05, 0.1) is 22.4 Å². The van der Waals surface area contributed by atoms with Crippen LogP contribution in [0.2, 0.25) is 0 Å². The number of aromatic nitrogens is 2. The predicted octanol–water partition coefficient (Wildman–Crippen LogP) is 3.32. The monoisotopic (exact) mass is 309 g/mol. The number of nitrogens with zero attached hydrogens (tertiary/aromatic N) is 2. The van der Waals surface area contributed by atoms with Crippen molar-refractivity contribution in [2.75, 3.05) is 0 Å². The van der Waals surface area contributed by atoms with Crippen LogP contribution in [0.1, 0.15) is 27.3 Å². The van der Waals surface area contributed by atoms with E-state index in [2.05, 4.69) is 15.3 Å². The third-order valence-electron chi connectivity index (χ3n) is 3.73. The van der Waals surface area contributed by atoms with E-state index in [9.17, 15) is 9.18 Å². The van der Waals surface area contributed by atoms with E-state index in [1.807, 2.05) is 13.8 Å². The molecule has 1 amide bonds. The van der Waals surface area contributed by atoms with Crippen LogP contribution in [0.25, 0.3) is 11.0 Å². The van der Waals surface area contributed by atoms with Crippen molar-refractivity contribution >= 4 is 16.9 Å². The Hall–Kier alpha value is -2.82. The van der Waals surface area contributed by atoms with Gasteiger partial charge in [-0.25, -0.2) is 14.4 Å². The second-order valence-corrected chi connectivity index (χ2v) is 5.37. The fraction of sp³-hybridized carbons (Fsp3) is 0.167. The van der Waals surface area contributed by atoms with Crippen molar-refractivity contribution < 1.29 is 9.18 Å². The van der Waals surface area contributed by atoms with Crippen molar-refractivity contribution in [1.29, 1.82) is 0 Å². The third-order valence-corrected chi connectivity index (χ3v) is 3.73. The molecule has 0 saturated heterocycles. The molecule has 0 aliphatic carbocycles. The van der Waals surface area contributed by atoms with Crippen molar-refractivity contribution in [3.8, 4) is 0 Å². The van der Waals surface area contributed by atoms with Gasteiger partial charge in [-0.15, -0.1) is 0 Å². The number of aryl methyl sites for hydroxylation is 2. The van der Waals surface area contributed by atoms with E-state index in [-0.39, 0.29) is 18.3 Å². The molecule has 0 saturated carbocycles. The van der Waals surface area contributed by atoms with Crippen molar-refractivity contribution in [1.82, 2.24) is 15.3 Å². The van der Waals surface area contributed by atoms with Gasteiger partial charge in [-0.05, 0) is 38.1 Å². The fourth-order valence-electron chi connectivity index (χ4n) is 2.29. The van der Waals surface area contributed by atoms with Crippen LogP contribution in [0.4, 0.5) is 4.39 Å². The molecule has 5 heteroatoms. The van der Waals surface area contributed by atoms with E-state index < -0.39 is 0 Å². The van der Waals surface area contributed by atoms with Crippen LogP contribution in [0.3, 0.4) is 0 Å². The minimum Gasteiger partial charge on any atom is -0.348 e. The van der Waals surface area contributed by atoms with Crippen LogP contribution in [-0.4, -0.2) is 15.9 Å². The number of benzene rings is 2. The molecule has 3 aromatic rings. The van der Waals surface area contributed by atoms with Crippen molar-refractivity contribution in [3.05, 3.63) is 70.8 Å². The quantitative estimate of drug-likeness (QED) is 0.807. The maximum atomic E-state index is 13.6.